The average Bonchev–Trinajstić information content (AvgIpc) is 2.21. The van der Waals surface area contributed by atoms with Crippen LogP contribution >= 0.6 is 0 Å². The zero-order chi connectivity index (χ0) is 10.8. The summed E-state index contributed by atoms with van der Waals surface area (Å²) in [5.74, 6) is 1.17. The van der Waals surface area contributed by atoms with E-state index >= 15 is 0 Å². The Kier molecular flexibility index (Phi) is 3.61. The van der Waals surface area contributed by atoms with Crippen LogP contribution < -0.4 is 11.1 Å². The quantitative estimate of drug-likeness (QED) is 0.497. The fourth-order valence-electron chi connectivity index (χ4n) is 3.04. The van der Waals surface area contributed by atoms with Crippen LogP contribution in [-0.2, 0) is 0 Å². The lowest BCUT2D eigenvalue weighted by Gasteiger charge is -2.43. The van der Waals surface area contributed by atoms with Crippen molar-refractivity contribution in [2.24, 2.45) is 17.6 Å². The normalized spacial score (nSPS) is 46.2. The molecule has 0 amide bonds. The number of piperidine rings is 1. The van der Waals surface area contributed by atoms with Gasteiger partial charge in [0.15, 0.2) is 0 Å². The van der Waals surface area contributed by atoms with Crippen LogP contribution in [0.3, 0.4) is 0 Å². The fraction of sp³-hybridized carbons (Fsp3) is 1.00. The van der Waals surface area contributed by atoms with Crippen molar-refractivity contribution in [1.29, 1.82) is 0 Å². The summed E-state index contributed by atoms with van der Waals surface area (Å²) in [5, 5.41) is 22.7. The zero-order valence-corrected chi connectivity index (χ0v) is 9.10. The van der Waals surface area contributed by atoms with Gasteiger partial charge in [-0.15, -0.1) is 0 Å². The predicted octanol–water partition coefficient (Wildman–Crippen LogP) is -0.555. The second kappa shape index (κ2) is 4.78. The average molecular weight is 214 g/mol. The highest BCUT2D eigenvalue weighted by molar-refractivity contribution is 4.94. The van der Waals surface area contributed by atoms with Crippen LogP contribution in [0, 0.1) is 11.8 Å². The highest BCUT2D eigenvalue weighted by atomic mass is 16.3. The Balaban J connectivity index is 1.90. The molecule has 0 spiro atoms. The van der Waals surface area contributed by atoms with Gasteiger partial charge in [-0.05, 0) is 50.6 Å². The molecule has 2 rings (SSSR count). The lowest BCUT2D eigenvalue weighted by molar-refractivity contribution is -0.0488. The highest BCUT2D eigenvalue weighted by Gasteiger charge is 2.38. The van der Waals surface area contributed by atoms with Gasteiger partial charge in [0.1, 0.15) is 0 Å². The lowest BCUT2D eigenvalue weighted by Crippen LogP contribution is -2.53. The molecule has 0 aromatic heterocycles. The maximum atomic E-state index is 9.63. The maximum absolute atomic E-state index is 9.63. The number of rotatable bonds is 2. The number of nitrogens with one attached hydrogen (secondary N) is 1. The predicted molar refractivity (Wildman–Crippen MR) is 58.3 cm³/mol. The van der Waals surface area contributed by atoms with Gasteiger partial charge in [-0.25, -0.2) is 0 Å². The van der Waals surface area contributed by atoms with E-state index in [0.717, 1.165) is 32.4 Å². The fourth-order valence-corrected chi connectivity index (χ4v) is 3.04. The number of aliphatic hydroxyl groups is 2. The van der Waals surface area contributed by atoms with Crippen LogP contribution in [0.15, 0.2) is 0 Å². The smallest absolute Gasteiger partial charge is 0.0814 e. The number of hydrogen-bond acceptors (Lipinski definition) is 4. The van der Waals surface area contributed by atoms with Gasteiger partial charge in [-0.1, -0.05) is 0 Å². The van der Waals surface area contributed by atoms with E-state index < -0.39 is 12.2 Å². The van der Waals surface area contributed by atoms with E-state index in [9.17, 15) is 10.2 Å². The summed E-state index contributed by atoms with van der Waals surface area (Å²) in [6, 6.07) is 0.400. The molecule has 2 aliphatic rings. The Morgan fingerprint density at radius 3 is 2.60 bits per heavy atom. The van der Waals surface area contributed by atoms with Gasteiger partial charge in [0.05, 0.1) is 12.2 Å². The third-order valence-corrected chi connectivity index (χ3v) is 3.93. The third-order valence-electron chi connectivity index (χ3n) is 3.93. The van der Waals surface area contributed by atoms with Crippen molar-refractivity contribution in [3.8, 4) is 0 Å². The molecule has 5 N–H and O–H groups in total. The van der Waals surface area contributed by atoms with Crippen LogP contribution in [0.1, 0.15) is 25.7 Å². The van der Waals surface area contributed by atoms with Gasteiger partial charge in [0, 0.05) is 6.04 Å². The Morgan fingerprint density at radius 1 is 1.13 bits per heavy atom. The second-order valence-electron chi connectivity index (χ2n) is 5.06. The lowest BCUT2D eigenvalue weighted by atomic mass is 9.73. The molecule has 88 valence electrons. The summed E-state index contributed by atoms with van der Waals surface area (Å²) >= 11 is 0. The minimum atomic E-state index is -0.537. The van der Waals surface area contributed by atoms with Gasteiger partial charge >= 0.3 is 0 Å². The van der Waals surface area contributed by atoms with Gasteiger partial charge < -0.3 is 21.3 Å². The summed E-state index contributed by atoms with van der Waals surface area (Å²) in [5.41, 5.74) is 5.56. The number of aliphatic hydroxyl groups excluding tert-OH is 2. The molecule has 1 saturated heterocycles. The SMILES string of the molecule is NCCC1CNC2CC(O)C(O)CC2C1. The first-order valence-electron chi connectivity index (χ1n) is 6.00. The molecule has 1 heterocycles. The summed E-state index contributed by atoms with van der Waals surface area (Å²) in [4.78, 5) is 0. The molecular weight excluding hydrogens is 192 g/mol. The van der Waals surface area contributed by atoms with Crippen molar-refractivity contribution in [3.05, 3.63) is 0 Å². The summed E-state index contributed by atoms with van der Waals surface area (Å²) in [6.45, 7) is 1.76. The molecule has 4 nitrogen and oxygen atoms in total. The van der Waals surface area contributed by atoms with Crippen LogP contribution in [0.25, 0.3) is 0 Å². The maximum Gasteiger partial charge on any atom is 0.0814 e. The summed E-state index contributed by atoms with van der Waals surface area (Å²) < 4.78 is 0. The van der Waals surface area contributed by atoms with E-state index in [-0.39, 0.29) is 0 Å². The van der Waals surface area contributed by atoms with Crippen LogP contribution in [0.5, 0.6) is 0 Å². The molecule has 0 radical (unpaired) electrons. The molecule has 0 bridgehead atoms. The van der Waals surface area contributed by atoms with Crippen LogP contribution in [0.2, 0.25) is 0 Å². The Hall–Kier alpha value is -0.160. The summed E-state index contributed by atoms with van der Waals surface area (Å²) in [6.07, 6.45) is 2.59. The largest absolute Gasteiger partial charge is 0.390 e. The summed E-state index contributed by atoms with van der Waals surface area (Å²) in [7, 11) is 0. The van der Waals surface area contributed by atoms with Crippen molar-refractivity contribution in [2.75, 3.05) is 13.1 Å². The molecule has 5 atom stereocenters. The van der Waals surface area contributed by atoms with Gasteiger partial charge in [-0.2, -0.15) is 0 Å². The Morgan fingerprint density at radius 2 is 1.87 bits per heavy atom. The van der Waals surface area contributed by atoms with Gasteiger partial charge in [0.25, 0.3) is 0 Å². The molecule has 1 aliphatic carbocycles. The number of nitrogens with two attached hydrogens (primary N) is 1. The zero-order valence-electron chi connectivity index (χ0n) is 9.10. The molecule has 2 fully saturated rings. The number of fused-ring (bicyclic) bond motifs is 1. The van der Waals surface area contributed by atoms with Crippen molar-refractivity contribution in [3.63, 3.8) is 0 Å². The molecular formula is C11H22N2O2. The van der Waals surface area contributed by atoms with Crippen LogP contribution in [0.4, 0.5) is 0 Å². The Labute approximate surface area is 90.9 Å². The minimum Gasteiger partial charge on any atom is -0.390 e. The first-order valence-corrected chi connectivity index (χ1v) is 6.00. The first kappa shape index (κ1) is 11.3. The van der Waals surface area contributed by atoms with Crippen LogP contribution in [-0.4, -0.2) is 41.6 Å². The molecule has 0 aromatic carbocycles. The number of hydrogen-bond donors (Lipinski definition) is 4. The molecule has 4 heteroatoms. The second-order valence-corrected chi connectivity index (χ2v) is 5.06. The standard InChI is InChI=1S/C11H22N2O2/c12-2-1-7-3-8-4-10(14)11(15)5-9(8)13-6-7/h7-11,13-15H,1-6,12H2. The van der Waals surface area contributed by atoms with E-state index in [1.807, 2.05) is 0 Å². The minimum absolute atomic E-state index is 0.400. The molecule has 15 heavy (non-hydrogen) atoms. The van der Waals surface area contributed by atoms with Crippen molar-refractivity contribution < 1.29 is 10.2 Å². The Bertz CT molecular complexity index is 213. The van der Waals surface area contributed by atoms with E-state index in [2.05, 4.69) is 5.32 Å². The highest BCUT2D eigenvalue weighted by Crippen LogP contribution is 2.33. The molecule has 5 unspecified atom stereocenters. The topological polar surface area (TPSA) is 78.5 Å². The third kappa shape index (κ3) is 2.50. The van der Waals surface area contributed by atoms with Crippen molar-refractivity contribution in [2.45, 2.75) is 43.9 Å². The van der Waals surface area contributed by atoms with Gasteiger partial charge in [-0.3, -0.25) is 0 Å². The van der Waals surface area contributed by atoms with E-state index in [4.69, 9.17) is 5.73 Å². The van der Waals surface area contributed by atoms with Crippen molar-refractivity contribution >= 4 is 0 Å². The van der Waals surface area contributed by atoms with Gasteiger partial charge in [0.2, 0.25) is 0 Å². The van der Waals surface area contributed by atoms with E-state index in [1.54, 1.807) is 0 Å². The molecule has 0 aromatic rings. The first-order chi connectivity index (χ1) is 7.20. The van der Waals surface area contributed by atoms with Crippen molar-refractivity contribution in [1.82, 2.24) is 5.32 Å². The monoisotopic (exact) mass is 214 g/mol. The van der Waals surface area contributed by atoms with E-state index in [1.165, 1.54) is 0 Å². The van der Waals surface area contributed by atoms with E-state index in [0.29, 0.717) is 24.3 Å². The molecule has 1 saturated carbocycles. The molecule has 1 aliphatic heterocycles.